The van der Waals surface area contributed by atoms with E-state index >= 15 is 0 Å². The molecular weight excluding hydrogens is 160 g/mol. The van der Waals surface area contributed by atoms with Crippen molar-refractivity contribution in [1.29, 1.82) is 0 Å². The van der Waals surface area contributed by atoms with E-state index in [4.69, 9.17) is 0 Å². The molecule has 0 saturated carbocycles. The Morgan fingerprint density at radius 3 is 3.08 bits per heavy atom. The predicted molar refractivity (Wildman–Crippen MR) is 53.7 cm³/mol. The fraction of sp³-hybridized carbons (Fsp3) is 0.545. The first-order valence-electron chi connectivity index (χ1n) is 4.99. The quantitative estimate of drug-likeness (QED) is 0.741. The monoisotopic (exact) mass is 176 g/mol. The van der Waals surface area contributed by atoms with Gasteiger partial charge in [-0.1, -0.05) is 6.07 Å². The van der Waals surface area contributed by atoms with E-state index in [9.17, 15) is 0 Å². The van der Waals surface area contributed by atoms with Gasteiger partial charge in [-0.05, 0) is 37.9 Å². The number of rotatable bonds is 2. The number of nitrogens with one attached hydrogen (secondary N) is 1. The summed E-state index contributed by atoms with van der Waals surface area (Å²) in [5.41, 5.74) is 2.45. The van der Waals surface area contributed by atoms with Gasteiger partial charge in [0.05, 0.1) is 0 Å². The largest absolute Gasteiger partial charge is 0.314 e. The van der Waals surface area contributed by atoms with Gasteiger partial charge in [-0.15, -0.1) is 0 Å². The highest BCUT2D eigenvalue weighted by atomic mass is 14.9. The van der Waals surface area contributed by atoms with E-state index in [1.54, 1.807) is 0 Å². The van der Waals surface area contributed by atoms with E-state index in [-0.39, 0.29) is 0 Å². The first kappa shape index (κ1) is 8.70. The molecule has 0 amide bonds. The van der Waals surface area contributed by atoms with Crippen molar-refractivity contribution < 1.29 is 0 Å². The molecule has 0 aromatic carbocycles. The van der Waals surface area contributed by atoms with Crippen LogP contribution in [0.2, 0.25) is 0 Å². The van der Waals surface area contributed by atoms with E-state index in [0.717, 1.165) is 6.42 Å². The Kier molecular flexibility index (Phi) is 2.60. The highest BCUT2D eigenvalue weighted by molar-refractivity contribution is 5.13. The van der Waals surface area contributed by atoms with Crippen LogP contribution in [0.15, 0.2) is 18.3 Å². The van der Waals surface area contributed by atoms with Crippen LogP contribution < -0.4 is 5.32 Å². The van der Waals surface area contributed by atoms with Crippen LogP contribution in [-0.2, 0) is 6.42 Å². The third-order valence-electron chi connectivity index (χ3n) is 2.59. The third kappa shape index (κ3) is 2.28. The Bertz CT molecular complexity index is 260. The molecule has 0 aliphatic carbocycles. The average Bonchev–Trinajstić information content (AvgIpc) is 2.62. The minimum atomic E-state index is 0.662. The summed E-state index contributed by atoms with van der Waals surface area (Å²) in [6.07, 6.45) is 5.65. The fourth-order valence-corrected chi connectivity index (χ4v) is 1.80. The molecule has 1 aliphatic heterocycles. The Morgan fingerprint density at radius 1 is 1.54 bits per heavy atom. The second-order valence-electron chi connectivity index (χ2n) is 3.82. The number of hydrogen-bond acceptors (Lipinski definition) is 2. The minimum absolute atomic E-state index is 0.662. The Labute approximate surface area is 79.4 Å². The van der Waals surface area contributed by atoms with Crippen LogP contribution in [0.3, 0.4) is 0 Å². The van der Waals surface area contributed by atoms with Crippen molar-refractivity contribution in [3.05, 3.63) is 29.6 Å². The zero-order valence-electron chi connectivity index (χ0n) is 8.09. The molecule has 70 valence electrons. The molecule has 0 radical (unpaired) electrons. The molecule has 1 atom stereocenters. The molecular formula is C11H16N2. The van der Waals surface area contributed by atoms with Gasteiger partial charge in [0.15, 0.2) is 0 Å². The predicted octanol–water partition coefficient (Wildman–Crippen LogP) is 1.68. The van der Waals surface area contributed by atoms with E-state index in [0.29, 0.717) is 6.04 Å². The summed E-state index contributed by atoms with van der Waals surface area (Å²) in [4.78, 5) is 4.40. The zero-order valence-corrected chi connectivity index (χ0v) is 8.09. The van der Waals surface area contributed by atoms with Crippen LogP contribution >= 0.6 is 0 Å². The fourth-order valence-electron chi connectivity index (χ4n) is 1.80. The maximum atomic E-state index is 4.40. The van der Waals surface area contributed by atoms with Crippen molar-refractivity contribution >= 4 is 0 Å². The van der Waals surface area contributed by atoms with Gasteiger partial charge in [0.1, 0.15) is 0 Å². The maximum absolute atomic E-state index is 4.40. The lowest BCUT2D eigenvalue weighted by atomic mass is 10.1. The number of aryl methyl sites for hydroxylation is 1. The zero-order chi connectivity index (χ0) is 9.10. The van der Waals surface area contributed by atoms with Crippen LogP contribution in [-0.4, -0.2) is 17.6 Å². The van der Waals surface area contributed by atoms with Gasteiger partial charge < -0.3 is 5.32 Å². The lowest BCUT2D eigenvalue weighted by Gasteiger charge is -2.08. The summed E-state index contributed by atoms with van der Waals surface area (Å²) in [6.45, 7) is 3.25. The molecule has 13 heavy (non-hydrogen) atoms. The van der Waals surface area contributed by atoms with E-state index in [1.165, 1.54) is 30.6 Å². The second kappa shape index (κ2) is 3.88. The lowest BCUT2D eigenvalue weighted by molar-refractivity contribution is 0.595. The molecule has 0 spiro atoms. The van der Waals surface area contributed by atoms with Gasteiger partial charge >= 0.3 is 0 Å². The van der Waals surface area contributed by atoms with Crippen molar-refractivity contribution in [1.82, 2.24) is 10.3 Å². The Morgan fingerprint density at radius 2 is 2.46 bits per heavy atom. The molecule has 1 aromatic rings. The summed E-state index contributed by atoms with van der Waals surface area (Å²) < 4.78 is 0. The summed E-state index contributed by atoms with van der Waals surface area (Å²) >= 11 is 0. The third-order valence-corrected chi connectivity index (χ3v) is 2.59. The van der Waals surface area contributed by atoms with Crippen LogP contribution in [0.5, 0.6) is 0 Å². The standard InChI is InChI=1S/C11H16N2/c1-9-4-5-11(13-8-9)7-10-3-2-6-12-10/h4-5,8,10,12H,2-3,6-7H2,1H3. The van der Waals surface area contributed by atoms with Gasteiger partial charge in [-0.3, -0.25) is 4.98 Å². The van der Waals surface area contributed by atoms with Gasteiger partial charge in [-0.2, -0.15) is 0 Å². The van der Waals surface area contributed by atoms with Crippen molar-refractivity contribution in [3.8, 4) is 0 Å². The van der Waals surface area contributed by atoms with Crippen molar-refractivity contribution in [2.24, 2.45) is 0 Å². The highest BCUT2D eigenvalue weighted by Crippen LogP contribution is 2.10. The summed E-state index contributed by atoms with van der Waals surface area (Å²) in [6, 6.07) is 4.93. The van der Waals surface area contributed by atoms with Gasteiger partial charge in [0, 0.05) is 24.4 Å². The van der Waals surface area contributed by atoms with Crippen molar-refractivity contribution in [3.63, 3.8) is 0 Å². The molecule has 2 heterocycles. The number of aromatic nitrogens is 1. The molecule has 2 rings (SSSR count). The second-order valence-corrected chi connectivity index (χ2v) is 3.82. The summed E-state index contributed by atoms with van der Waals surface area (Å²) in [5.74, 6) is 0. The number of pyridine rings is 1. The SMILES string of the molecule is Cc1ccc(CC2CCCN2)nc1. The van der Waals surface area contributed by atoms with E-state index in [1.807, 2.05) is 6.20 Å². The van der Waals surface area contributed by atoms with Gasteiger partial charge in [-0.25, -0.2) is 0 Å². The molecule has 1 saturated heterocycles. The molecule has 1 fully saturated rings. The van der Waals surface area contributed by atoms with Crippen molar-refractivity contribution in [2.45, 2.75) is 32.2 Å². The van der Waals surface area contributed by atoms with Crippen LogP contribution in [0.25, 0.3) is 0 Å². The lowest BCUT2D eigenvalue weighted by Crippen LogP contribution is -2.23. The topological polar surface area (TPSA) is 24.9 Å². The molecule has 1 aliphatic rings. The normalized spacial score (nSPS) is 22.1. The smallest absolute Gasteiger partial charge is 0.0419 e. The van der Waals surface area contributed by atoms with E-state index in [2.05, 4.69) is 29.4 Å². The van der Waals surface area contributed by atoms with Gasteiger partial charge in [0.25, 0.3) is 0 Å². The molecule has 1 aromatic heterocycles. The minimum Gasteiger partial charge on any atom is -0.314 e. The maximum Gasteiger partial charge on any atom is 0.0419 e. The van der Waals surface area contributed by atoms with E-state index < -0.39 is 0 Å². The molecule has 2 heteroatoms. The van der Waals surface area contributed by atoms with Crippen LogP contribution in [0, 0.1) is 6.92 Å². The first-order chi connectivity index (χ1) is 6.34. The number of nitrogens with zero attached hydrogens (tertiary/aromatic N) is 1. The summed E-state index contributed by atoms with van der Waals surface area (Å²) in [7, 11) is 0. The van der Waals surface area contributed by atoms with Crippen LogP contribution in [0.1, 0.15) is 24.1 Å². The Balaban J connectivity index is 1.97. The molecule has 1 N–H and O–H groups in total. The average molecular weight is 176 g/mol. The van der Waals surface area contributed by atoms with Crippen LogP contribution in [0.4, 0.5) is 0 Å². The molecule has 2 nitrogen and oxygen atoms in total. The van der Waals surface area contributed by atoms with Crippen molar-refractivity contribution in [2.75, 3.05) is 6.54 Å². The molecule has 1 unspecified atom stereocenters. The summed E-state index contributed by atoms with van der Waals surface area (Å²) in [5, 5.41) is 3.48. The Hall–Kier alpha value is -0.890. The number of hydrogen-bond donors (Lipinski definition) is 1. The molecule has 0 bridgehead atoms. The van der Waals surface area contributed by atoms with Gasteiger partial charge in [0.2, 0.25) is 0 Å². The first-order valence-corrected chi connectivity index (χ1v) is 4.99. The highest BCUT2D eigenvalue weighted by Gasteiger charge is 2.14.